The quantitative estimate of drug-likeness (QED) is 0.639. The van der Waals surface area contributed by atoms with Gasteiger partial charge in [0.25, 0.3) is 0 Å². The van der Waals surface area contributed by atoms with Crippen molar-refractivity contribution in [2.24, 2.45) is 0 Å². The second kappa shape index (κ2) is 8.73. The highest BCUT2D eigenvalue weighted by Gasteiger charge is 2.38. The topological polar surface area (TPSA) is 46.6 Å². The van der Waals surface area contributed by atoms with Crippen molar-refractivity contribution in [1.82, 2.24) is 4.90 Å². The van der Waals surface area contributed by atoms with Crippen LogP contribution in [-0.4, -0.2) is 23.4 Å². The fourth-order valence-corrected chi connectivity index (χ4v) is 3.66. The van der Waals surface area contributed by atoms with E-state index in [1.807, 2.05) is 30.3 Å². The Kier molecular flexibility index (Phi) is 6.29. The summed E-state index contributed by atoms with van der Waals surface area (Å²) in [7, 11) is 0. The molecule has 1 amide bonds. The maximum absolute atomic E-state index is 13.2. The van der Waals surface area contributed by atoms with E-state index in [1.165, 1.54) is 17.0 Å². The van der Waals surface area contributed by atoms with Crippen LogP contribution in [-0.2, 0) is 27.0 Å². The average Bonchev–Trinajstić information content (AvgIpc) is 2.71. The van der Waals surface area contributed by atoms with E-state index in [4.69, 9.17) is 4.74 Å². The van der Waals surface area contributed by atoms with Crippen LogP contribution in [0.25, 0.3) is 0 Å². The lowest BCUT2D eigenvalue weighted by Crippen LogP contribution is -2.38. The number of benzene rings is 2. The summed E-state index contributed by atoms with van der Waals surface area (Å²) in [6.07, 6.45) is -4.63. The average molecular weight is 417 g/mol. The highest BCUT2D eigenvalue weighted by atomic mass is 19.4. The van der Waals surface area contributed by atoms with Gasteiger partial charge in [-0.15, -0.1) is 0 Å². The molecule has 2 aromatic carbocycles. The number of hydrogen-bond acceptors (Lipinski definition) is 3. The van der Waals surface area contributed by atoms with Crippen LogP contribution in [0.5, 0.6) is 0 Å². The third-order valence-electron chi connectivity index (χ3n) is 5.12. The van der Waals surface area contributed by atoms with E-state index in [0.29, 0.717) is 5.70 Å². The van der Waals surface area contributed by atoms with E-state index in [1.54, 1.807) is 13.8 Å². The Hall–Kier alpha value is -3.09. The summed E-state index contributed by atoms with van der Waals surface area (Å²) in [5.74, 6) is -1.68. The minimum absolute atomic E-state index is 0.111. The van der Waals surface area contributed by atoms with E-state index in [0.717, 1.165) is 17.7 Å². The van der Waals surface area contributed by atoms with E-state index < -0.39 is 23.6 Å². The standard InChI is InChI=1S/C23H22F3NO3/c1-3-30-22(29)21-15(2)27(14-16-8-5-4-6-9-16)20(28)13-19(21)17-10-7-11-18(12-17)23(24,25)26/h4-12,19H,3,13-14H2,1-2H3/t19-/m1/s1. The Morgan fingerprint density at radius 3 is 2.47 bits per heavy atom. The van der Waals surface area contributed by atoms with Gasteiger partial charge in [0.05, 0.1) is 24.3 Å². The normalized spacial score (nSPS) is 17.3. The molecule has 1 aliphatic heterocycles. The van der Waals surface area contributed by atoms with Crippen LogP contribution in [0.4, 0.5) is 13.2 Å². The number of carbonyl (C=O) groups excluding carboxylic acids is 2. The van der Waals surface area contributed by atoms with Gasteiger partial charge in [0.1, 0.15) is 0 Å². The first-order valence-electron chi connectivity index (χ1n) is 9.61. The summed E-state index contributed by atoms with van der Waals surface area (Å²) in [6.45, 7) is 3.68. The summed E-state index contributed by atoms with van der Waals surface area (Å²) in [5.41, 5.74) is 0.938. The molecule has 2 aromatic rings. The van der Waals surface area contributed by atoms with Crippen LogP contribution in [0, 0.1) is 0 Å². The van der Waals surface area contributed by atoms with E-state index >= 15 is 0 Å². The van der Waals surface area contributed by atoms with Crippen LogP contribution >= 0.6 is 0 Å². The van der Waals surface area contributed by atoms with Crippen LogP contribution in [0.1, 0.15) is 42.9 Å². The minimum atomic E-state index is -4.52. The smallest absolute Gasteiger partial charge is 0.416 e. The molecular weight excluding hydrogens is 395 g/mol. The number of ether oxygens (including phenoxy) is 1. The molecule has 0 unspecified atom stereocenters. The Labute approximate surface area is 173 Å². The molecule has 0 bridgehead atoms. The Bertz CT molecular complexity index is 967. The summed E-state index contributed by atoms with van der Waals surface area (Å²) in [4.78, 5) is 27.1. The lowest BCUT2D eigenvalue weighted by atomic mass is 9.83. The predicted octanol–water partition coefficient (Wildman–Crippen LogP) is 5.06. The zero-order valence-electron chi connectivity index (χ0n) is 16.7. The molecule has 0 saturated heterocycles. The fourth-order valence-electron chi connectivity index (χ4n) is 3.66. The Morgan fingerprint density at radius 1 is 1.13 bits per heavy atom. The summed E-state index contributed by atoms with van der Waals surface area (Å²) >= 11 is 0. The zero-order chi connectivity index (χ0) is 21.9. The largest absolute Gasteiger partial charge is 0.463 e. The van der Waals surface area contributed by atoms with Crippen LogP contribution in [0.15, 0.2) is 65.9 Å². The summed E-state index contributed by atoms with van der Waals surface area (Å²) in [6, 6.07) is 14.0. The molecule has 0 radical (unpaired) electrons. The third-order valence-corrected chi connectivity index (χ3v) is 5.12. The molecule has 0 spiro atoms. The highest BCUT2D eigenvalue weighted by Crippen LogP contribution is 2.39. The van der Waals surface area contributed by atoms with Gasteiger partial charge in [-0.2, -0.15) is 13.2 Å². The second-order valence-electron chi connectivity index (χ2n) is 7.06. The molecular formula is C23H22F3NO3. The van der Waals surface area contributed by atoms with Crippen molar-refractivity contribution in [2.45, 2.75) is 38.9 Å². The van der Waals surface area contributed by atoms with Crippen molar-refractivity contribution in [3.63, 3.8) is 0 Å². The molecule has 1 heterocycles. The van der Waals surface area contributed by atoms with Gasteiger partial charge in [-0.3, -0.25) is 4.79 Å². The van der Waals surface area contributed by atoms with Crippen molar-refractivity contribution in [3.05, 3.63) is 82.6 Å². The molecule has 0 aliphatic carbocycles. The fraction of sp³-hybridized carbons (Fsp3) is 0.304. The van der Waals surface area contributed by atoms with Gasteiger partial charge in [-0.05, 0) is 31.0 Å². The number of nitrogens with zero attached hydrogens (tertiary/aromatic N) is 1. The van der Waals surface area contributed by atoms with Gasteiger partial charge < -0.3 is 9.64 Å². The maximum atomic E-state index is 13.2. The minimum Gasteiger partial charge on any atom is -0.463 e. The van der Waals surface area contributed by atoms with Crippen LogP contribution < -0.4 is 0 Å². The van der Waals surface area contributed by atoms with E-state index in [9.17, 15) is 22.8 Å². The number of halogens is 3. The Morgan fingerprint density at radius 2 is 1.83 bits per heavy atom. The number of allylic oxidation sites excluding steroid dienone is 1. The molecule has 0 aromatic heterocycles. The molecule has 0 saturated carbocycles. The highest BCUT2D eigenvalue weighted by molar-refractivity contribution is 5.95. The molecule has 1 aliphatic rings. The maximum Gasteiger partial charge on any atom is 0.416 e. The first kappa shape index (κ1) is 21.6. The van der Waals surface area contributed by atoms with Gasteiger partial charge in [0, 0.05) is 18.0 Å². The van der Waals surface area contributed by atoms with Crippen LogP contribution in [0.2, 0.25) is 0 Å². The number of hydrogen-bond donors (Lipinski definition) is 0. The van der Waals surface area contributed by atoms with Gasteiger partial charge in [0.15, 0.2) is 0 Å². The number of alkyl halides is 3. The van der Waals surface area contributed by atoms with E-state index in [2.05, 4.69) is 0 Å². The van der Waals surface area contributed by atoms with Gasteiger partial charge in [-0.25, -0.2) is 4.79 Å². The monoisotopic (exact) mass is 417 g/mol. The molecule has 1 atom stereocenters. The second-order valence-corrected chi connectivity index (χ2v) is 7.06. The molecule has 30 heavy (non-hydrogen) atoms. The number of carbonyl (C=O) groups is 2. The van der Waals surface area contributed by atoms with Crippen molar-refractivity contribution in [3.8, 4) is 0 Å². The summed E-state index contributed by atoms with van der Waals surface area (Å²) in [5, 5.41) is 0. The van der Waals surface area contributed by atoms with E-state index in [-0.39, 0.29) is 36.6 Å². The first-order chi connectivity index (χ1) is 14.2. The first-order valence-corrected chi connectivity index (χ1v) is 9.61. The number of esters is 1. The van der Waals surface area contributed by atoms with Crippen molar-refractivity contribution in [1.29, 1.82) is 0 Å². The molecule has 0 N–H and O–H groups in total. The molecule has 3 rings (SSSR count). The molecule has 7 heteroatoms. The third kappa shape index (κ3) is 4.56. The lowest BCUT2D eigenvalue weighted by molar-refractivity contribution is -0.140. The zero-order valence-corrected chi connectivity index (χ0v) is 16.7. The van der Waals surface area contributed by atoms with Crippen molar-refractivity contribution in [2.75, 3.05) is 6.61 Å². The summed E-state index contributed by atoms with van der Waals surface area (Å²) < 4.78 is 44.7. The van der Waals surface area contributed by atoms with Crippen molar-refractivity contribution >= 4 is 11.9 Å². The molecule has 4 nitrogen and oxygen atoms in total. The number of amides is 1. The van der Waals surface area contributed by atoms with Crippen LogP contribution in [0.3, 0.4) is 0 Å². The SMILES string of the molecule is CCOC(=O)C1=C(C)N(Cc2ccccc2)C(=O)C[C@@H]1c1cccc(C(F)(F)F)c1. The van der Waals surface area contributed by atoms with Gasteiger partial charge >= 0.3 is 12.1 Å². The molecule has 158 valence electrons. The van der Waals surface area contributed by atoms with Gasteiger partial charge in [-0.1, -0.05) is 48.5 Å². The number of rotatable bonds is 5. The molecule has 0 fully saturated rings. The van der Waals surface area contributed by atoms with Crippen molar-refractivity contribution < 1.29 is 27.5 Å². The Balaban J connectivity index is 2.06. The predicted molar refractivity (Wildman–Crippen MR) is 105 cm³/mol. The lowest BCUT2D eigenvalue weighted by Gasteiger charge is -2.34. The van der Waals surface area contributed by atoms with Gasteiger partial charge in [0.2, 0.25) is 5.91 Å².